The number of carbonyl (C=O) groups is 2. The standard InChI is InChI=1S/C25H18N4O6.C2H6/c1-29-12-14(27-28-29)11-26-24(32)13-2-5-17(20(8-13)25(33)34)23-18-6-3-15(30)9-21(18)35-22-10-16(31)4-7-19(22)23;1-2/h2-10,12,30H,11H2,1H3,(H,26,32)(H,33,34);1-2H3. The fourth-order valence-electron chi connectivity index (χ4n) is 3.98. The van der Waals surface area contributed by atoms with E-state index in [1.807, 2.05) is 13.8 Å². The van der Waals surface area contributed by atoms with Gasteiger partial charge in [0.2, 0.25) is 0 Å². The molecule has 0 fully saturated rings. The van der Waals surface area contributed by atoms with Crippen LogP contribution in [-0.2, 0) is 13.6 Å². The van der Waals surface area contributed by atoms with Crippen LogP contribution in [0.4, 0.5) is 0 Å². The molecule has 2 aromatic carbocycles. The third-order valence-corrected chi connectivity index (χ3v) is 5.54. The molecule has 1 aromatic heterocycles. The number of aromatic hydroxyl groups is 1. The molecule has 3 aromatic rings. The molecule has 10 nitrogen and oxygen atoms in total. The van der Waals surface area contributed by atoms with E-state index >= 15 is 0 Å². The second-order valence-electron chi connectivity index (χ2n) is 7.95. The lowest BCUT2D eigenvalue weighted by atomic mass is 9.90. The van der Waals surface area contributed by atoms with Crippen molar-refractivity contribution in [1.82, 2.24) is 20.3 Å². The summed E-state index contributed by atoms with van der Waals surface area (Å²) < 4.78 is 7.33. The summed E-state index contributed by atoms with van der Waals surface area (Å²) in [5, 5.41) is 30.9. The number of carboxylic acid groups (broad SMARTS) is 1. The first-order chi connectivity index (χ1) is 17.8. The summed E-state index contributed by atoms with van der Waals surface area (Å²) >= 11 is 0. The van der Waals surface area contributed by atoms with Gasteiger partial charge in [0.25, 0.3) is 5.91 Å². The average Bonchev–Trinajstić information content (AvgIpc) is 3.31. The number of hydrogen-bond donors (Lipinski definition) is 3. The Morgan fingerprint density at radius 1 is 1.03 bits per heavy atom. The van der Waals surface area contributed by atoms with Gasteiger partial charge in [0.15, 0.2) is 5.43 Å². The number of nitrogens with one attached hydrogen (secondary N) is 1. The fraction of sp³-hybridized carbons (Fsp3) is 0.148. The number of fused-ring (bicyclic) bond motifs is 2. The molecule has 0 unspecified atom stereocenters. The molecule has 37 heavy (non-hydrogen) atoms. The molecular weight excluding hydrogens is 476 g/mol. The molecule has 10 heteroatoms. The number of aromatic carboxylic acids is 1. The van der Waals surface area contributed by atoms with Crippen LogP contribution >= 0.6 is 0 Å². The predicted molar refractivity (Wildman–Crippen MR) is 137 cm³/mol. The number of phenols is 1. The zero-order valence-electron chi connectivity index (χ0n) is 20.3. The van der Waals surface area contributed by atoms with E-state index in [0.29, 0.717) is 27.8 Å². The van der Waals surface area contributed by atoms with Crippen molar-refractivity contribution in [1.29, 1.82) is 0 Å². The molecular formula is C27H24N4O6. The highest BCUT2D eigenvalue weighted by Gasteiger charge is 2.23. The molecule has 1 aliphatic carbocycles. The molecule has 1 amide bonds. The van der Waals surface area contributed by atoms with E-state index in [9.17, 15) is 24.6 Å². The molecule has 0 spiro atoms. The van der Waals surface area contributed by atoms with Crippen molar-refractivity contribution in [2.45, 2.75) is 20.4 Å². The quantitative estimate of drug-likeness (QED) is 0.306. The topological polar surface area (TPSA) is 148 Å². The van der Waals surface area contributed by atoms with Gasteiger partial charge in [-0.3, -0.25) is 14.3 Å². The predicted octanol–water partition coefficient (Wildman–Crippen LogP) is 4.05. The van der Waals surface area contributed by atoms with E-state index in [1.165, 1.54) is 41.1 Å². The highest BCUT2D eigenvalue weighted by molar-refractivity contribution is 6.09. The van der Waals surface area contributed by atoms with E-state index in [4.69, 9.17) is 4.42 Å². The van der Waals surface area contributed by atoms with Gasteiger partial charge < -0.3 is 19.9 Å². The molecule has 1 aliphatic heterocycles. The van der Waals surface area contributed by atoms with E-state index in [-0.39, 0.29) is 40.2 Å². The molecule has 0 saturated heterocycles. The number of hydrogen-bond acceptors (Lipinski definition) is 7. The SMILES string of the molecule is CC.Cn1cc(CNC(=O)c2ccc(-c3c4ccc(=O)cc-4oc4cc(O)ccc34)c(C(=O)O)c2)nn1. The molecule has 0 bridgehead atoms. The van der Waals surface area contributed by atoms with Crippen LogP contribution in [0.15, 0.2) is 70.0 Å². The monoisotopic (exact) mass is 500 g/mol. The number of carbonyl (C=O) groups excluding carboxylic acids is 1. The smallest absolute Gasteiger partial charge is 0.336 e. The Kier molecular flexibility index (Phi) is 7.01. The van der Waals surface area contributed by atoms with Crippen molar-refractivity contribution < 1.29 is 24.2 Å². The molecule has 3 N–H and O–H groups in total. The number of amides is 1. The van der Waals surface area contributed by atoms with Crippen LogP contribution in [0, 0.1) is 0 Å². The largest absolute Gasteiger partial charge is 0.508 e. The highest BCUT2D eigenvalue weighted by atomic mass is 16.4. The number of nitrogens with zero attached hydrogens (tertiary/aromatic N) is 3. The van der Waals surface area contributed by atoms with Crippen LogP contribution in [0.25, 0.3) is 33.4 Å². The summed E-state index contributed by atoms with van der Waals surface area (Å²) in [6, 6.07) is 13.1. The van der Waals surface area contributed by atoms with Crippen molar-refractivity contribution in [2.24, 2.45) is 7.05 Å². The Labute approximate surface area is 211 Å². The number of benzene rings is 3. The van der Waals surface area contributed by atoms with Crippen LogP contribution in [0.2, 0.25) is 0 Å². The van der Waals surface area contributed by atoms with Crippen LogP contribution in [0.1, 0.15) is 40.3 Å². The van der Waals surface area contributed by atoms with Crippen LogP contribution in [-0.4, -0.2) is 37.1 Å². The lowest BCUT2D eigenvalue weighted by Crippen LogP contribution is -2.23. The van der Waals surface area contributed by atoms with Gasteiger partial charge in [-0.05, 0) is 42.0 Å². The molecule has 5 rings (SSSR count). The Hall–Kier alpha value is -4.99. The Bertz CT molecular complexity index is 1650. The van der Waals surface area contributed by atoms with Gasteiger partial charge in [0.1, 0.15) is 22.8 Å². The highest BCUT2D eigenvalue weighted by Crippen LogP contribution is 2.42. The Balaban J connectivity index is 0.00000156. The fourth-order valence-corrected chi connectivity index (χ4v) is 3.98. The van der Waals surface area contributed by atoms with E-state index in [2.05, 4.69) is 15.6 Å². The van der Waals surface area contributed by atoms with Gasteiger partial charge in [0, 0.05) is 47.5 Å². The summed E-state index contributed by atoms with van der Waals surface area (Å²) in [7, 11) is 1.71. The van der Waals surface area contributed by atoms with Crippen molar-refractivity contribution in [2.75, 3.05) is 0 Å². The minimum absolute atomic E-state index is 0.0431. The van der Waals surface area contributed by atoms with Crippen molar-refractivity contribution in [3.05, 3.63) is 87.8 Å². The maximum absolute atomic E-state index is 12.7. The summed E-state index contributed by atoms with van der Waals surface area (Å²) in [6.07, 6.45) is 1.66. The van der Waals surface area contributed by atoms with E-state index < -0.39 is 11.9 Å². The van der Waals surface area contributed by atoms with Gasteiger partial charge in [-0.15, -0.1) is 5.10 Å². The Morgan fingerprint density at radius 3 is 2.49 bits per heavy atom. The second kappa shape index (κ2) is 10.3. The second-order valence-corrected chi connectivity index (χ2v) is 7.95. The number of aromatic nitrogens is 3. The maximum Gasteiger partial charge on any atom is 0.336 e. The molecule has 188 valence electrons. The maximum atomic E-state index is 12.7. The van der Waals surface area contributed by atoms with Gasteiger partial charge >= 0.3 is 5.97 Å². The lowest BCUT2D eigenvalue weighted by Gasteiger charge is -2.17. The zero-order chi connectivity index (χ0) is 26.7. The van der Waals surface area contributed by atoms with Gasteiger partial charge in [-0.25, -0.2) is 4.79 Å². The summed E-state index contributed by atoms with van der Waals surface area (Å²) in [4.78, 5) is 36.9. The van der Waals surface area contributed by atoms with Crippen molar-refractivity contribution in [3.8, 4) is 28.2 Å². The number of aryl methyl sites for hydroxylation is 1. The normalized spacial score (nSPS) is 10.7. The molecule has 2 heterocycles. The van der Waals surface area contributed by atoms with Crippen LogP contribution in [0.5, 0.6) is 5.75 Å². The minimum Gasteiger partial charge on any atom is -0.508 e. The number of phenolic OH excluding ortho intramolecular Hbond substituents is 1. The minimum atomic E-state index is -1.23. The zero-order valence-corrected chi connectivity index (χ0v) is 20.3. The average molecular weight is 501 g/mol. The summed E-state index contributed by atoms with van der Waals surface area (Å²) in [5.41, 5.74) is 1.96. The molecule has 0 radical (unpaired) electrons. The Morgan fingerprint density at radius 2 is 1.78 bits per heavy atom. The van der Waals surface area contributed by atoms with Crippen LogP contribution in [0.3, 0.4) is 0 Å². The van der Waals surface area contributed by atoms with Crippen molar-refractivity contribution >= 4 is 22.8 Å². The molecule has 0 atom stereocenters. The molecule has 2 aliphatic rings. The van der Waals surface area contributed by atoms with Crippen LogP contribution < -0.4 is 10.7 Å². The first-order valence-electron chi connectivity index (χ1n) is 11.5. The summed E-state index contributed by atoms with van der Waals surface area (Å²) in [5.74, 6) is -1.50. The number of rotatable bonds is 5. The number of carboxylic acids is 1. The molecule has 0 saturated carbocycles. The van der Waals surface area contributed by atoms with Gasteiger partial charge in [0.05, 0.1) is 12.1 Å². The summed E-state index contributed by atoms with van der Waals surface area (Å²) in [6.45, 7) is 4.13. The third kappa shape index (κ3) is 5.03. The first kappa shape index (κ1) is 25.1. The van der Waals surface area contributed by atoms with E-state index in [1.54, 1.807) is 31.4 Å². The van der Waals surface area contributed by atoms with E-state index in [0.717, 1.165) is 0 Å². The third-order valence-electron chi connectivity index (χ3n) is 5.54. The first-order valence-corrected chi connectivity index (χ1v) is 11.5. The lowest BCUT2D eigenvalue weighted by molar-refractivity contribution is 0.0697. The van der Waals surface area contributed by atoms with Gasteiger partial charge in [-0.2, -0.15) is 0 Å². The van der Waals surface area contributed by atoms with Crippen molar-refractivity contribution in [3.63, 3.8) is 0 Å². The van der Waals surface area contributed by atoms with Gasteiger partial charge in [-0.1, -0.05) is 25.1 Å².